The molecule has 0 atom stereocenters. The molecule has 0 amide bonds. The fourth-order valence-electron chi connectivity index (χ4n) is 6.76. The zero-order chi connectivity index (χ0) is 30.1. The van der Waals surface area contributed by atoms with E-state index in [9.17, 15) is 0 Å². The molecule has 1 aliphatic heterocycles. The lowest BCUT2D eigenvalue weighted by molar-refractivity contribution is 1.50. The van der Waals surface area contributed by atoms with Gasteiger partial charge < -0.3 is 0 Å². The van der Waals surface area contributed by atoms with Crippen molar-refractivity contribution in [2.24, 2.45) is 0 Å². The van der Waals surface area contributed by atoms with Crippen LogP contribution in [0.15, 0.2) is 156 Å². The Morgan fingerprint density at radius 3 is 1.56 bits per heavy atom. The zero-order valence-corrected chi connectivity index (χ0v) is 26.3. The van der Waals surface area contributed by atoms with Crippen LogP contribution in [0.5, 0.6) is 0 Å². The Morgan fingerprint density at radius 1 is 0.465 bits per heavy atom. The summed E-state index contributed by atoms with van der Waals surface area (Å²) < 4.78 is 0. The maximum atomic E-state index is 3.00. The number of fused-ring (bicyclic) bond motifs is 7. The summed E-state index contributed by atoms with van der Waals surface area (Å²) in [6.45, 7) is 10.0. The summed E-state index contributed by atoms with van der Waals surface area (Å²) in [5, 5.41) is 8.02. The predicted molar refractivity (Wildman–Crippen MR) is 194 cm³/mol. The second-order valence-corrected chi connectivity index (χ2v) is 14.4. The topological polar surface area (TPSA) is 0 Å². The molecule has 0 aromatic heterocycles. The van der Waals surface area contributed by atoms with Crippen LogP contribution in [0.25, 0.3) is 65.7 Å². The van der Waals surface area contributed by atoms with E-state index in [1.165, 1.54) is 75.5 Å². The van der Waals surface area contributed by atoms with Crippen LogP contribution in [0.3, 0.4) is 0 Å². The van der Waals surface area contributed by atoms with Crippen molar-refractivity contribution in [3.8, 4) is 33.4 Å². The minimum atomic E-state index is -1.28. The van der Waals surface area contributed by atoms with E-state index < -0.39 is 10.0 Å². The highest BCUT2D eigenvalue weighted by Gasteiger charge is 2.35. The second-order valence-electron chi connectivity index (χ2n) is 10.9. The summed E-state index contributed by atoms with van der Waals surface area (Å²) >= 11 is 0. The average molecular weight is 575 g/mol. The molecule has 0 unspecified atom stereocenters. The Morgan fingerprint density at radius 2 is 0.953 bits per heavy atom. The summed E-state index contributed by atoms with van der Waals surface area (Å²) in [4.78, 5) is 3.02. The molecule has 8 rings (SSSR count). The Hall–Kier alpha value is -4.59. The van der Waals surface area contributed by atoms with Crippen molar-refractivity contribution >= 4 is 42.3 Å². The highest BCUT2D eigenvalue weighted by molar-refractivity contribution is 8.33. The van der Waals surface area contributed by atoms with Gasteiger partial charge in [-0.15, -0.1) is 13.2 Å². The molecule has 1 heteroatoms. The smallest absolute Gasteiger partial charge is 0.0101 e. The molecule has 0 radical (unpaired) electrons. The molecule has 0 spiro atoms. The molecular weight excluding hydrogens is 537 g/mol. The van der Waals surface area contributed by atoms with E-state index >= 15 is 0 Å². The first-order chi connectivity index (χ1) is 21.1. The van der Waals surface area contributed by atoms with Crippen molar-refractivity contribution < 1.29 is 0 Å². The molecular formula is C42H38S. The Labute approximate surface area is 257 Å². The van der Waals surface area contributed by atoms with Crippen molar-refractivity contribution in [3.05, 3.63) is 147 Å². The minimum absolute atomic E-state index is 1.27. The van der Waals surface area contributed by atoms with Crippen LogP contribution in [0, 0.1) is 0 Å². The number of rotatable bonds is 2. The van der Waals surface area contributed by atoms with Crippen LogP contribution in [-0.2, 0) is 0 Å². The number of hydrogen-bond acceptors (Lipinski definition) is 0. The predicted octanol–water partition coefficient (Wildman–Crippen LogP) is 12.8. The lowest BCUT2D eigenvalue weighted by atomic mass is 9.84. The van der Waals surface area contributed by atoms with Gasteiger partial charge in [0.2, 0.25) is 0 Å². The summed E-state index contributed by atoms with van der Waals surface area (Å²) in [5.74, 6) is 0. The van der Waals surface area contributed by atoms with E-state index in [1.807, 2.05) is 13.8 Å². The lowest BCUT2D eigenvalue weighted by Crippen LogP contribution is -1.98. The lowest BCUT2D eigenvalue weighted by Gasteiger charge is -2.31. The molecule has 0 nitrogen and oxygen atoms in total. The van der Waals surface area contributed by atoms with Crippen molar-refractivity contribution in [2.45, 2.75) is 23.6 Å². The molecule has 0 saturated heterocycles. The first-order valence-corrected chi connectivity index (χ1v) is 17.5. The van der Waals surface area contributed by atoms with Crippen molar-refractivity contribution in [1.82, 2.24) is 0 Å². The quantitative estimate of drug-likeness (QED) is 0.142. The van der Waals surface area contributed by atoms with Gasteiger partial charge in [-0.05, 0) is 85.0 Å². The van der Waals surface area contributed by atoms with Gasteiger partial charge in [0.15, 0.2) is 0 Å². The Kier molecular flexibility index (Phi) is 7.69. The zero-order valence-electron chi connectivity index (χ0n) is 25.5. The highest BCUT2D eigenvalue weighted by atomic mass is 32.3. The third-order valence-electron chi connectivity index (χ3n) is 8.47. The largest absolute Gasteiger partial charge is 0.192 e. The van der Waals surface area contributed by atoms with E-state index in [1.54, 1.807) is 0 Å². The SMILES string of the molecule is C=C.CC.CS1(C)c2cc3ccccc3cc2-c2ccc3c(-c4ccccc4)c4ccccc4c(-c4ccccc4)c3c21. The molecule has 0 aliphatic carbocycles. The van der Waals surface area contributed by atoms with E-state index in [0.717, 1.165) is 0 Å². The molecule has 1 aliphatic rings. The molecule has 0 N–H and O–H groups in total. The van der Waals surface area contributed by atoms with Crippen LogP contribution >= 0.6 is 10.0 Å². The second kappa shape index (κ2) is 11.6. The molecule has 43 heavy (non-hydrogen) atoms. The molecule has 212 valence electrons. The fraction of sp³-hybridized carbons (Fsp3) is 0.0952. The summed E-state index contributed by atoms with van der Waals surface area (Å²) in [7, 11) is -1.28. The summed E-state index contributed by atoms with van der Waals surface area (Å²) in [5.41, 5.74) is 8.04. The van der Waals surface area contributed by atoms with Gasteiger partial charge in [-0.3, -0.25) is 0 Å². The monoisotopic (exact) mass is 574 g/mol. The Bertz CT molecular complexity index is 2090. The molecule has 1 heterocycles. The van der Waals surface area contributed by atoms with Gasteiger partial charge in [0, 0.05) is 15.2 Å². The van der Waals surface area contributed by atoms with Gasteiger partial charge >= 0.3 is 0 Å². The van der Waals surface area contributed by atoms with Crippen molar-refractivity contribution in [3.63, 3.8) is 0 Å². The molecule has 0 saturated carbocycles. The van der Waals surface area contributed by atoms with Crippen molar-refractivity contribution in [2.75, 3.05) is 12.5 Å². The fourth-order valence-corrected chi connectivity index (χ4v) is 9.57. The van der Waals surface area contributed by atoms with E-state index in [2.05, 4.69) is 159 Å². The summed E-state index contributed by atoms with van der Waals surface area (Å²) in [6.07, 6.45) is 5.00. The third kappa shape index (κ3) is 4.47. The van der Waals surface area contributed by atoms with E-state index in [-0.39, 0.29) is 0 Å². The molecule has 7 aromatic carbocycles. The number of benzene rings is 7. The standard InChI is InChI=1S/C38H28S.C2H6.C2H4/c1-39(2)34-24-28-18-10-9-17-27(28)23-33(34)31-21-22-32-35(25-13-5-3-6-14-25)29-19-11-12-20-30(29)36(37(32)38(31)39)26-15-7-4-8-16-26;2*1-2/h3-24H,1-2H3;1-2H3;1-2H2. The maximum absolute atomic E-state index is 3.00. The van der Waals surface area contributed by atoms with Gasteiger partial charge in [0.25, 0.3) is 0 Å². The number of hydrogen-bond donors (Lipinski definition) is 0. The third-order valence-corrected chi connectivity index (χ3v) is 11.3. The minimum Gasteiger partial charge on any atom is -0.192 e. The van der Waals surface area contributed by atoms with E-state index in [0.29, 0.717) is 0 Å². The normalized spacial score (nSPS) is 13.3. The van der Waals surface area contributed by atoms with Gasteiger partial charge in [0.1, 0.15) is 0 Å². The van der Waals surface area contributed by atoms with Crippen molar-refractivity contribution in [1.29, 1.82) is 0 Å². The highest BCUT2D eigenvalue weighted by Crippen LogP contribution is 2.70. The van der Waals surface area contributed by atoms with Gasteiger partial charge in [-0.25, -0.2) is 0 Å². The maximum Gasteiger partial charge on any atom is 0.0101 e. The van der Waals surface area contributed by atoms with Crippen LogP contribution < -0.4 is 0 Å². The molecule has 0 fully saturated rings. The molecule has 7 aromatic rings. The van der Waals surface area contributed by atoms with E-state index in [4.69, 9.17) is 0 Å². The van der Waals surface area contributed by atoms with Crippen LogP contribution in [0.2, 0.25) is 0 Å². The van der Waals surface area contributed by atoms with Gasteiger partial charge in [0.05, 0.1) is 0 Å². The average Bonchev–Trinajstić information content (AvgIpc) is 3.30. The summed E-state index contributed by atoms with van der Waals surface area (Å²) in [6, 6.07) is 49.5. The molecule has 0 bridgehead atoms. The van der Waals surface area contributed by atoms with Crippen LogP contribution in [-0.4, -0.2) is 12.5 Å². The van der Waals surface area contributed by atoms with Crippen LogP contribution in [0.4, 0.5) is 0 Å². The van der Waals surface area contributed by atoms with Gasteiger partial charge in [-0.1, -0.05) is 135 Å². The first-order valence-electron chi connectivity index (χ1n) is 15.0. The first kappa shape index (κ1) is 28.5. The Balaban J connectivity index is 0.000000792. The van der Waals surface area contributed by atoms with Gasteiger partial charge in [-0.2, -0.15) is 10.0 Å². The van der Waals surface area contributed by atoms with Crippen LogP contribution in [0.1, 0.15) is 13.8 Å².